The van der Waals surface area contributed by atoms with Gasteiger partial charge >= 0.3 is 0 Å². The third kappa shape index (κ3) is 4.41. The molecule has 0 aromatic heterocycles. The van der Waals surface area contributed by atoms with Crippen LogP contribution in [0.1, 0.15) is 66.2 Å². The van der Waals surface area contributed by atoms with Gasteiger partial charge in [-0.2, -0.15) is 0 Å². The normalized spacial score (nSPS) is 13.3. The van der Waals surface area contributed by atoms with Crippen LogP contribution >= 0.6 is 0 Å². The number of carbonyl (C=O) groups is 3. The molecule has 0 fully saturated rings. The van der Waals surface area contributed by atoms with E-state index in [-0.39, 0.29) is 17.7 Å². The summed E-state index contributed by atoms with van der Waals surface area (Å²) in [7, 11) is 0. The summed E-state index contributed by atoms with van der Waals surface area (Å²) < 4.78 is 0. The molecule has 0 radical (unpaired) electrons. The molecular formula is C18H24N2O3. The first kappa shape index (κ1) is 17.2. The number of rotatable bonds is 9. The maximum absolute atomic E-state index is 12.2. The van der Waals surface area contributed by atoms with E-state index in [1.54, 1.807) is 24.3 Å². The second kappa shape index (κ2) is 8.46. The molecule has 0 bridgehead atoms. The molecule has 1 N–H and O–H groups in total. The average molecular weight is 316 g/mol. The van der Waals surface area contributed by atoms with Gasteiger partial charge in [0.1, 0.15) is 0 Å². The lowest BCUT2D eigenvalue weighted by molar-refractivity contribution is -0.121. The minimum absolute atomic E-state index is 0.0826. The van der Waals surface area contributed by atoms with Gasteiger partial charge in [0.05, 0.1) is 11.1 Å². The zero-order chi connectivity index (χ0) is 16.7. The fraction of sp³-hybridized carbons (Fsp3) is 0.500. The number of nitrogens with zero attached hydrogens (tertiary/aromatic N) is 1. The van der Waals surface area contributed by atoms with Gasteiger partial charge < -0.3 is 5.32 Å². The molecule has 0 unspecified atom stereocenters. The van der Waals surface area contributed by atoms with Crippen molar-refractivity contribution in [3.05, 3.63) is 35.4 Å². The Kier molecular flexibility index (Phi) is 6.32. The predicted molar refractivity (Wildman–Crippen MR) is 88.2 cm³/mol. The van der Waals surface area contributed by atoms with E-state index < -0.39 is 0 Å². The van der Waals surface area contributed by atoms with Gasteiger partial charge in [-0.05, 0) is 31.4 Å². The predicted octanol–water partition coefficient (Wildman–Crippen LogP) is 2.76. The summed E-state index contributed by atoms with van der Waals surface area (Å²) in [4.78, 5) is 37.2. The molecule has 0 aliphatic carbocycles. The molecule has 0 saturated heterocycles. The summed E-state index contributed by atoms with van der Waals surface area (Å²) in [5.41, 5.74) is 0.987. The summed E-state index contributed by atoms with van der Waals surface area (Å²) in [6.45, 7) is 3.25. The number of amides is 3. The highest BCUT2D eigenvalue weighted by atomic mass is 16.2. The van der Waals surface area contributed by atoms with Gasteiger partial charge in [-0.15, -0.1) is 0 Å². The van der Waals surface area contributed by atoms with Crippen molar-refractivity contribution < 1.29 is 14.4 Å². The van der Waals surface area contributed by atoms with E-state index in [0.717, 1.165) is 38.6 Å². The van der Waals surface area contributed by atoms with E-state index in [4.69, 9.17) is 0 Å². The van der Waals surface area contributed by atoms with E-state index in [1.165, 1.54) is 4.90 Å². The van der Waals surface area contributed by atoms with E-state index in [0.29, 0.717) is 24.1 Å². The second-order valence-electron chi connectivity index (χ2n) is 5.82. The average Bonchev–Trinajstić information content (AvgIpc) is 2.80. The fourth-order valence-electron chi connectivity index (χ4n) is 2.67. The number of unbranched alkanes of at least 4 members (excludes halogenated alkanes) is 3. The van der Waals surface area contributed by atoms with Crippen LogP contribution in [-0.4, -0.2) is 35.7 Å². The minimum atomic E-state index is -0.206. The zero-order valence-corrected chi connectivity index (χ0v) is 13.6. The highest BCUT2D eigenvalue weighted by Gasteiger charge is 2.34. The Morgan fingerprint density at radius 2 is 1.65 bits per heavy atom. The minimum Gasteiger partial charge on any atom is -0.356 e. The van der Waals surface area contributed by atoms with Gasteiger partial charge in [0.25, 0.3) is 11.8 Å². The van der Waals surface area contributed by atoms with Crippen molar-refractivity contribution in [1.29, 1.82) is 0 Å². The maximum Gasteiger partial charge on any atom is 0.261 e. The lowest BCUT2D eigenvalue weighted by Gasteiger charge is -2.13. The largest absolute Gasteiger partial charge is 0.356 e. The Morgan fingerprint density at radius 3 is 2.26 bits per heavy atom. The van der Waals surface area contributed by atoms with Gasteiger partial charge in [-0.25, -0.2) is 0 Å². The van der Waals surface area contributed by atoms with Crippen molar-refractivity contribution in [1.82, 2.24) is 10.2 Å². The number of nitrogens with one attached hydrogen (secondary N) is 1. The van der Waals surface area contributed by atoms with Crippen molar-refractivity contribution in [2.45, 2.75) is 45.4 Å². The number of imide groups is 1. The topological polar surface area (TPSA) is 66.5 Å². The molecule has 0 atom stereocenters. The molecule has 1 aliphatic rings. The molecular weight excluding hydrogens is 292 g/mol. The summed E-state index contributed by atoms with van der Waals surface area (Å²) in [6, 6.07) is 6.92. The maximum atomic E-state index is 12.2. The quantitative estimate of drug-likeness (QED) is 0.563. The number of carbonyl (C=O) groups excluding carboxylic acids is 3. The first-order valence-corrected chi connectivity index (χ1v) is 8.37. The second-order valence-corrected chi connectivity index (χ2v) is 5.82. The number of fused-ring (bicyclic) bond motifs is 1. The standard InChI is InChI=1S/C18H24N2O3/c1-2-3-12-19-16(21)11-5-4-8-13-20-17(22)14-9-6-7-10-15(14)18(20)23/h6-7,9-10H,2-5,8,11-13H2,1H3,(H,19,21). The Hall–Kier alpha value is -2.17. The molecule has 5 heteroatoms. The zero-order valence-electron chi connectivity index (χ0n) is 13.6. The molecule has 1 heterocycles. The highest BCUT2D eigenvalue weighted by molar-refractivity contribution is 6.21. The molecule has 3 amide bonds. The molecule has 0 spiro atoms. The van der Waals surface area contributed by atoms with E-state index in [1.807, 2.05) is 0 Å². The molecule has 1 aromatic rings. The van der Waals surface area contributed by atoms with Gasteiger partial charge in [-0.1, -0.05) is 31.9 Å². The van der Waals surface area contributed by atoms with Crippen molar-refractivity contribution >= 4 is 17.7 Å². The SMILES string of the molecule is CCCCNC(=O)CCCCCN1C(=O)c2ccccc2C1=O. The molecule has 124 valence electrons. The Bertz CT molecular complexity index is 548. The van der Waals surface area contributed by atoms with Crippen LogP contribution in [0.15, 0.2) is 24.3 Å². The lowest BCUT2D eigenvalue weighted by atomic mass is 10.1. The Balaban J connectivity index is 1.67. The first-order valence-electron chi connectivity index (χ1n) is 8.37. The van der Waals surface area contributed by atoms with Crippen LogP contribution in [0.4, 0.5) is 0 Å². The molecule has 2 rings (SSSR count). The third-order valence-electron chi connectivity index (χ3n) is 4.02. The molecule has 1 aliphatic heterocycles. The van der Waals surface area contributed by atoms with E-state index >= 15 is 0 Å². The van der Waals surface area contributed by atoms with Gasteiger partial charge in [0.15, 0.2) is 0 Å². The van der Waals surface area contributed by atoms with Crippen molar-refractivity contribution in [3.8, 4) is 0 Å². The smallest absolute Gasteiger partial charge is 0.261 e. The molecule has 1 aromatic carbocycles. The monoisotopic (exact) mass is 316 g/mol. The van der Waals surface area contributed by atoms with Gasteiger partial charge in [0, 0.05) is 19.5 Å². The Morgan fingerprint density at radius 1 is 1.00 bits per heavy atom. The number of hydrogen-bond acceptors (Lipinski definition) is 3. The van der Waals surface area contributed by atoms with Crippen molar-refractivity contribution in [3.63, 3.8) is 0 Å². The fourth-order valence-corrected chi connectivity index (χ4v) is 2.67. The van der Waals surface area contributed by atoms with Crippen molar-refractivity contribution in [2.24, 2.45) is 0 Å². The summed E-state index contributed by atoms with van der Waals surface area (Å²) in [6.07, 6.45) is 4.92. The van der Waals surface area contributed by atoms with Crippen LogP contribution in [0, 0.1) is 0 Å². The third-order valence-corrected chi connectivity index (χ3v) is 4.02. The van der Waals surface area contributed by atoms with E-state index in [2.05, 4.69) is 12.2 Å². The number of benzene rings is 1. The summed E-state index contributed by atoms with van der Waals surface area (Å²) >= 11 is 0. The lowest BCUT2D eigenvalue weighted by Crippen LogP contribution is -2.30. The van der Waals surface area contributed by atoms with Gasteiger partial charge in [0.2, 0.25) is 5.91 Å². The van der Waals surface area contributed by atoms with Crippen LogP contribution in [0.25, 0.3) is 0 Å². The van der Waals surface area contributed by atoms with E-state index in [9.17, 15) is 14.4 Å². The van der Waals surface area contributed by atoms with Crippen LogP contribution in [-0.2, 0) is 4.79 Å². The number of hydrogen-bond donors (Lipinski definition) is 1. The van der Waals surface area contributed by atoms with Gasteiger partial charge in [-0.3, -0.25) is 19.3 Å². The van der Waals surface area contributed by atoms with Crippen LogP contribution in [0.2, 0.25) is 0 Å². The van der Waals surface area contributed by atoms with Crippen molar-refractivity contribution in [2.75, 3.05) is 13.1 Å². The summed E-state index contributed by atoms with van der Waals surface area (Å²) in [5.74, 6) is -0.329. The molecule has 23 heavy (non-hydrogen) atoms. The van der Waals surface area contributed by atoms with Crippen LogP contribution < -0.4 is 5.32 Å². The Labute approximate surface area is 137 Å². The molecule has 0 saturated carbocycles. The van der Waals surface area contributed by atoms with Crippen LogP contribution in [0.3, 0.4) is 0 Å². The summed E-state index contributed by atoms with van der Waals surface area (Å²) in [5, 5.41) is 2.88. The highest BCUT2D eigenvalue weighted by Crippen LogP contribution is 2.22. The first-order chi connectivity index (χ1) is 11.1. The molecule has 5 nitrogen and oxygen atoms in total. The van der Waals surface area contributed by atoms with Crippen LogP contribution in [0.5, 0.6) is 0 Å².